The number of nitrogens with one attached hydrogen (secondary N) is 1. The minimum absolute atomic E-state index is 0.511. The number of anilines is 1. The number of nitrogens with zero attached hydrogens (tertiary/aromatic N) is 3. The Morgan fingerprint density at radius 3 is 2.95 bits per heavy atom. The topological polar surface area (TPSA) is 63.8 Å². The Bertz CT molecular complexity index is 571. The molecule has 2 aromatic rings. The Hall–Kier alpha value is -1.43. The number of rotatable bonds is 6. The van der Waals surface area contributed by atoms with Crippen molar-refractivity contribution < 1.29 is 4.42 Å². The van der Waals surface area contributed by atoms with Gasteiger partial charge in [-0.15, -0.1) is 16.4 Å². The van der Waals surface area contributed by atoms with Gasteiger partial charge in [0.15, 0.2) is 0 Å². The zero-order valence-corrected chi connectivity index (χ0v) is 11.4. The molecule has 2 aliphatic carbocycles. The summed E-state index contributed by atoms with van der Waals surface area (Å²) in [6.07, 6.45) is 6.13. The fourth-order valence-corrected chi connectivity index (χ4v) is 3.06. The second-order valence-corrected chi connectivity index (χ2v) is 6.34. The molecule has 19 heavy (non-hydrogen) atoms. The molecule has 0 unspecified atom stereocenters. The number of hydrogen-bond acceptors (Lipinski definition) is 6. The third-order valence-corrected chi connectivity index (χ3v) is 4.60. The zero-order chi connectivity index (χ0) is 12.7. The fourth-order valence-electron chi connectivity index (χ4n) is 2.06. The molecule has 1 N–H and O–H groups in total. The van der Waals surface area contributed by atoms with E-state index in [0.29, 0.717) is 12.6 Å². The average molecular weight is 276 g/mol. The standard InChI is InChI=1S/C13H16N4OS/c1-2-8(1)5-11-16-17-13(18-11)14-6-10-7-19-12(15-10)9-3-4-9/h7-9H,1-6H2,(H,14,17). The molecule has 0 aromatic carbocycles. The lowest BCUT2D eigenvalue weighted by Gasteiger charge is -1.97. The van der Waals surface area contributed by atoms with Crippen molar-refractivity contribution in [2.45, 2.75) is 44.6 Å². The highest BCUT2D eigenvalue weighted by Gasteiger charge is 2.26. The van der Waals surface area contributed by atoms with Crippen LogP contribution in [0.5, 0.6) is 0 Å². The van der Waals surface area contributed by atoms with Crippen molar-refractivity contribution in [2.75, 3.05) is 5.32 Å². The van der Waals surface area contributed by atoms with Gasteiger partial charge in [-0.3, -0.25) is 0 Å². The first-order valence-corrected chi connectivity index (χ1v) is 7.75. The molecule has 2 saturated carbocycles. The molecule has 0 saturated heterocycles. The monoisotopic (exact) mass is 276 g/mol. The summed E-state index contributed by atoms with van der Waals surface area (Å²) in [4.78, 5) is 4.62. The summed E-state index contributed by atoms with van der Waals surface area (Å²) in [5, 5.41) is 14.6. The van der Waals surface area contributed by atoms with Crippen LogP contribution in [0, 0.1) is 5.92 Å². The van der Waals surface area contributed by atoms with E-state index in [1.165, 1.54) is 30.7 Å². The second-order valence-electron chi connectivity index (χ2n) is 5.45. The van der Waals surface area contributed by atoms with Crippen molar-refractivity contribution in [3.63, 3.8) is 0 Å². The molecule has 0 spiro atoms. The highest BCUT2D eigenvalue weighted by molar-refractivity contribution is 7.09. The largest absolute Gasteiger partial charge is 0.408 e. The third kappa shape index (κ3) is 2.78. The lowest BCUT2D eigenvalue weighted by molar-refractivity contribution is 0.491. The van der Waals surface area contributed by atoms with Crippen LogP contribution < -0.4 is 5.32 Å². The molecule has 100 valence electrons. The maximum Gasteiger partial charge on any atom is 0.315 e. The van der Waals surface area contributed by atoms with E-state index < -0.39 is 0 Å². The molecule has 0 aliphatic heterocycles. The quantitative estimate of drug-likeness (QED) is 0.878. The van der Waals surface area contributed by atoms with Gasteiger partial charge in [-0.1, -0.05) is 5.10 Å². The molecule has 0 bridgehead atoms. The molecule has 6 heteroatoms. The highest BCUT2D eigenvalue weighted by atomic mass is 32.1. The summed E-state index contributed by atoms with van der Waals surface area (Å²) < 4.78 is 5.57. The molecule has 5 nitrogen and oxygen atoms in total. The molecule has 0 atom stereocenters. The van der Waals surface area contributed by atoms with Crippen molar-refractivity contribution >= 4 is 17.4 Å². The smallest absolute Gasteiger partial charge is 0.315 e. The van der Waals surface area contributed by atoms with Gasteiger partial charge in [-0.2, -0.15) is 0 Å². The van der Waals surface area contributed by atoms with Gasteiger partial charge in [-0.25, -0.2) is 4.98 Å². The Kier molecular flexibility index (Phi) is 2.76. The molecule has 2 fully saturated rings. The molecule has 0 radical (unpaired) electrons. The van der Waals surface area contributed by atoms with Crippen LogP contribution in [0.1, 0.15) is 48.2 Å². The van der Waals surface area contributed by atoms with Crippen molar-refractivity contribution in [1.29, 1.82) is 0 Å². The molecule has 4 rings (SSSR count). The second kappa shape index (κ2) is 4.59. The molecule has 2 aromatic heterocycles. The van der Waals surface area contributed by atoms with Gasteiger partial charge < -0.3 is 9.73 Å². The van der Waals surface area contributed by atoms with Crippen LogP contribution in [0.15, 0.2) is 9.80 Å². The summed E-state index contributed by atoms with van der Waals surface area (Å²) in [5.41, 5.74) is 1.06. The van der Waals surface area contributed by atoms with Crippen molar-refractivity contribution in [3.8, 4) is 0 Å². The first-order chi connectivity index (χ1) is 9.37. The van der Waals surface area contributed by atoms with Crippen LogP contribution in [-0.2, 0) is 13.0 Å². The van der Waals surface area contributed by atoms with Gasteiger partial charge in [0.25, 0.3) is 0 Å². The van der Waals surface area contributed by atoms with Crippen molar-refractivity contribution in [3.05, 3.63) is 22.0 Å². The maximum atomic E-state index is 5.57. The Morgan fingerprint density at radius 2 is 2.16 bits per heavy atom. The number of aromatic nitrogens is 3. The van der Waals surface area contributed by atoms with E-state index in [9.17, 15) is 0 Å². The summed E-state index contributed by atoms with van der Waals surface area (Å²) in [7, 11) is 0. The van der Waals surface area contributed by atoms with E-state index in [0.717, 1.165) is 29.8 Å². The van der Waals surface area contributed by atoms with Crippen LogP contribution >= 0.6 is 11.3 Å². The van der Waals surface area contributed by atoms with Crippen LogP contribution in [0.25, 0.3) is 0 Å². The maximum absolute atomic E-state index is 5.57. The SMILES string of the molecule is c1sc(C2CC2)nc1CNc1nnc(CC2CC2)o1. The van der Waals surface area contributed by atoms with Crippen LogP contribution in [-0.4, -0.2) is 15.2 Å². The van der Waals surface area contributed by atoms with E-state index in [1.54, 1.807) is 11.3 Å². The lowest BCUT2D eigenvalue weighted by Crippen LogP contribution is -2.00. The summed E-state index contributed by atoms with van der Waals surface area (Å²) in [5.74, 6) is 2.25. The summed E-state index contributed by atoms with van der Waals surface area (Å²) in [6.45, 7) is 0.661. The van der Waals surface area contributed by atoms with Crippen molar-refractivity contribution in [1.82, 2.24) is 15.2 Å². The van der Waals surface area contributed by atoms with E-state index in [1.807, 2.05) is 0 Å². The van der Waals surface area contributed by atoms with E-state index in [4.69, 9.17) is 4.42 Å². The Balaban J connectivity index is 1.33. The molecular formula is C13H16N4OS. The lowest BCUT2D eigenvalue weighted by atomic mass is 10.3. The van der Waals surface area contributed by atoms with Gasteiger partial charge in [0, 0.05) is 17.7 Å². The summed E-state index contributed by atoms with van der Waals surface area (Å²) >= 11 is 1.76. The number of thiazole rings is 1. The van der Waals surface area contributed by atoms with Crippen LogP contribution in [0.3, 0.4) is 0 Å². The van der Waals surface area contributed by atoms with E-state index >= 15 is 0 Å². The predicted molar refractivity (Wildman–Crippen MR) is 72.1 cm³/mol. The molecule has 0 amide bonds. The van der Waals surface area contributed by atoms with Gasteiger partial charge in [0.2, 0.25) is 5.89 Å². The average Bonchev–Trinajstić information content (AvgIpc) is 3.32. The fraction of sp³-hybridized carbons (Fsp3) is 0.615. The van der Waals surface area contributed by atoms with E-state index in [-0.39, 0.29) is 0 Å². The third-order valence-electron chi connectivity index (χ3n) is 3.54. The van der Waals surface area contributed by atoms with Gasteiger partial charge in [0.05, 0.1) is 17.2 Å². The van der Waals surface area contributed by atoms with E-state index in [2.05, 4.69) is 25.9 Å². The van der Waals surface area contributed by atoms with Crippen LogP contribution in [0.4, 0.5) is 6.01 Å². The predicted octanol–water partition coefficient (Wildman–Crippen LogP) is 2.97. The van der Waals surface area contributed by atoms with Gasteiger partial charge in [-0.05, 0) is 31.6 Å². The molecular weight excluding hydrogens is 260 g/mol. The Morgan fingerprint density at radius 1 is 1.26 bits per heavy atom. The summed E-state index contributed by atoms with van der Waals surface area (Å²) in [6, 6.07) is 0.511. The zero-order valence-electron chi connectivity index (χ0n) is 10.6. The molecule has 2 heterocycles. The van der Waals surface area contributed by atoms with Gasteiger partial charge in [0.1, 0.15) is 0 Å². The minimum atomic E-state index is 0.511. The first kappa shape index (κ1) is 11.4. The highest BCUT2D eigenvalue weighted by Crippen LogP contribution is 2.41. The molecule has 2 aliphatic rings. The Labute approximate surface area is 115 Å². The number of hydrogen-bond donors (Lipinski definition) is 1. The first-order valence-electron chi connectivity index (χ1n) is 6.87. The van der Waals surface area contributed by atoms with Crippen molar-refractivity contribution in [2.24, 2.45) is 5.92 Å². The minimum Gasteiger partial charge on any atom is -0.408 e. The van der Waals surface area contributed by atoms with Gasteiger partial charge >= 0.3 is 6.01 Å². The van der Waals surface area contributed by atoms with Crippen LogP contribution in [0.2, 0.25) is 0 Å². The normalized spacial score (nSPS) is 18.7.